The number of ether oxygens (including phenoxy) is 2. The van der Waals surface area contributed by atoms with E-state index in [0.29, 0.717) is 24.1 Å². The summed E-state index contributed by atoms with van der Waals surface area (Å²) in [7, 11) is 0. The zero-order valence-corrected chi connectivity index (χ0v) is 25.2. The van der Waals surface area contributed by atoms with E-state index in [-0.39, 0.29) is 11.4 Å². The highest BCUT2D eigenvalue weighted by Gasteiger charge is 2.35. The van der Waals surface area contributed by atoms with Gasteiger partial charge >= 0.3 is 0 Å². The smallest absolute Gasteiger partial charge is 0.283 e. The van der Waals surface area contributed by atoms with Crippen molar-refractivity contribution in [1.29, 1.82) is 5.41 Å². The Hall–Kier alpha value is -3.39. The van der Waals surface area contributed by atoms with Crippen LogP contribution >= 0.6 is 11.8 Å². The van der Waals surface area contributed by atoms with Crippen molar-refractivity contribution >= 4 is 39.8 Å². The van der Waals surface area contributed by atoms with Crippen molar-refractivity contribution in [3.8, 4) is 11.5 Å². The number of hydrogen-bond acceptors (Lipinski definition) is 6. The summed E-state index contributed by atoms with van der Waals surface area (Å²) in [5.41, 5.74) is 2.32. The molecular formula is C33H42N4O3S. The van der Waals surface area contributed by atoms with Crippen LogP contribution in [0.2, 0.25) is 0 Å². The van der Waals surface area contributed by atoms with Gasteiger partial charge in [-0.25, -0.2) is 0 Å². The van der Waals surface area contributed by atoms with Gasteiger partial charge in [-0.1, -0.05) is 83.1 Å². The van der Waals surface area contributed by atoms with Crippen molar-refractivity contribution in [2.75, 3.05) is 13.2 Å². The van der Waals surface area contributed by atoms with Crippen LogP contribution in [-0.2, 0) is 11.2 Å². The summed E-state index contributed by atoms with van der Waals surface area (Å²) in [5.74, 6) is 1.14. The molecule has 4 rings (SSSR count). The number of hydrazone groups is 1. The van der Waals surface area contributed by atoms with Crippen molar-refractivity contribution in [2.45, 2.75) is 84.5 Å². The molecule has 8 heteroatoms. The number of rotatable bonds is 17. The number of benzene rings is 2. The molecule has 0 fully saturated rings. The average Bonchev–Trinajstić information content (AvgIpc) is 3.39. The average molecular weight is 575 g/mol. The molecule has 0 spiro atoms. The summed E-state index contributed by atoms with van der Waals surface area (Å²) < 4.78 is 11.8. The Labute approximate surface area is 248 Å². The molecule has 218 valence electrons. The van der Waals surface area contributed by atoms with Gasteiger partial charge in [0.15, 0.2) is 5.84 Å². The number of aryl methyl sites for hydroxylation is 1. The quantitative estimate of drug-likeness (QED) is 0.152. The number of fused-ring (bicyclic) bond motifs is 1. The number of amides is 1. The number of aliphatic imine (C=N–C) groups is 1. The van der Waals surface area contributed by atoms with E-state index in [1.807, 2.05) is 36.4 Å². The minimum absolute atomic E-state index is 0.0557. The molecule has 0 saturated heterocycles. The number of hydrogen-bond donors (Lipinski definition) is 1. The predicted octanol–water partition coefficient (Wildman–Crippen LogP) is 8.25. The molecule has 2 aromatic rings. The van der Waals surface area contributed by atoms with Crippen LogP contribution < -0.4 is 9.47 Å². The molecule has 2 aliphatic heterocycles. The van der Waals surface area contributed by atoms with Crippen LogP contribution in [0, 0.1) is 5.41 Å². The molecule has 0 radical (unpaired) electrons. The lowest BCUT2D eigenvalue weighted by molar-refractivity contribution is -0.114. The second-order valence-electron chi connectivity index (χ2n) is 10.4. The molecule has 0 unspecified atom stereocenters. The molecule has 0 aromatic heterocycles. The zero-order chi connectivity index (χ0) is 28.9. The van der Waals surface area contributed by atoms with E-state index in [9.17, 15) is 4.79 Å². The minimum atomic E-state index is -0.417. The number of unbranched alkanes of at least 4 members (excludes halogenated alkanes) is 7. The molecule has 1 amide bonds. The first kappa shape index (κ1) is 30.6. The molecule has 2 aromatic carbocycles. The maximum absolute atomic E-state index is 12.8. The van der Waals surface area contributed by atoms with Crippen LogP contribution in [0.25, 0.3) is 6.08 Å². The van der Waals surface area contributed by atoms with E-state index in [4.69, 9.17) is 14.9 Å². The SMILES string of the molecule is CCCCCCCC1=NN2C(=N)C(=Cc3cccc(OCCOc4ccc(CCCCCC)cc4)c3)C(=O)N=C2S1. The van der Waals surface area contributed by atoms with Crippen LogP contribution in [0.15, 0.2) is 64.2 Å². The Balaban J connectivity index is 1.26. The van der Waals surface area contributed by atoms with E-state index in [1.54, 1.807) is 6.08 Å². The summed E-state index contributed by atoms with van der Waals surface area (Å²) in [5, 5.41) is 16.1. The predicted molar refractivity (Wildman–Crippen MR) is 170 cm³/mol. The van der Waals surface area contributed by atoms with Crippen molar-refractivity contribution in [2.24, 2.45) is 10.1 Å². The topological polar surface area (TPSA) is 87.3 Å². The molecule has 0 aliphatic carbocycles. The lowest BCUT2D eigenvalue weighted by Crippen LogP contribution is -2.35. The third-order valence-corrected chi connectivity index (χ3v) is 7.99. The maximum Gasteiger partial charge on any atom is 0.283 e. The molecule has 0 atom stereocenters. The number of amidine groups is 2. The molecule has 7 nitrogen and oxygen atoms in total. The first-order chi connectivity index (χ1) is 20.1. The van der Waals surface area contributed by atoms with Gasteiger partial charge < -0.3 is 9.47 Å². The number of thioether (sulfide) groups is 1. The molecule has 41 heavy (non-hydrogen) atoms. The Morgan fingerprint density at radius 2 is 1.54 bits per heavy atom. The van der Waals surface area contributed by atoms with Gasteiger partial charge in [-0.15, -0.1) is 0 Å². The van der Waals surface area contributed by atoms with Gasteiger partial charge in [0.25, 0.3) is 5.91 Å². The molecule has 2 aliphatic rings. The Morgan fingerprint density at radius 1 is 0.854 bits per heavy atom. The summed E-state index contributed by atoms with van der Waals surface area (Å²) in [6.45, 7) is 5.25. The van der Waals surface area contributed by atoms with Crippen molar-refractivity contribution in [3.63, 3.8) is 0 Å². The van der Waals surface area contributed by atoms with Crippen LogP contribution in [0.5, 0.6) is 11.5 Å². The second kappa shape index (κ2) is 16.2. The normalized spacial score (nSPS) is 15.7. The van der Waals surface area contributed by atoms with Gasteiger partial charge in [-0.05, 0) is 78.9 Å². The largest absolute Gasteiger partial charge is 0.490 e. The second-order valence-corrected chi connectivity index (χ2v) is 11.4. The summed E-state index contributed by atoms with van der Waals surface area (Å²) in [4.78, 5) is 17.0. The van der Waals surface area contributed by atoms with Crippen molar-refractivity contribution < 1.29 is 14.3 Å². The molecular weight excluding hydrogens is 532 g/mol. The van der Waals surface area contributed by atoms with Crippen LogP contribution in [0.1, 0.15) is 89.2 Å². The number of carbonyl (C=O) groups excluding carboxylic acids is 1. The highest BCUT2D eigenvalue weighted by molar-refractivity contribution is 8.26. The first-order valence-corrected chi connectivity index (χ1v) is 15.8. The summed E-state index contributed by atoms with van der Waals surface area (Å²) in [6, 6.07) is 15.8. The Morgan fingerprint density at radius 3 is 2.29 bits per heavy atom. The van der Waals surface area contributed by atoms with Gasteiger partial charge in [0.2, 0.25) is 5.17 Å². The number of nitrogens with one attached hydrogen (secondary N) is 1. The fraction of sp³-hybridized carbons (Fsp3) is 0.455. The number of carbonyl (C=O) groups is 1. The standard InChI is InChI=1S/C33H42N4O3S/c1-3-5-7-9-11-16-30-36-37-31(34)29(32(38)35-33(37)41-30)24-26-14-12-15-28(23-26)40-22-21-39-27-19-17-25(18-20-27)13-10-8-6-4-2/h12,14-15,17-20,23-24,34H,3-11,13,16,21-22H2,1-2H3. The van der Waals surface area contributed by atoms with Crippen LogP contribution in [-0.4, -0.2) is 40.2 Å². The third-order valence-electron chi connectivity index (χ3n) is 7.02. The Bertz CT molecular complexity index is 1270. The van der Waals surface area contributed by atoms with Crippen LogP contribution in [0.4, 0.5) is 0 Å². The van der Waals surface area contributed by atoms with Gasteiger partial charge in [-0.2, -0.15) is 15.1 Å². The van der Waals surface area contributed by atoms with Gasteiger partial charge in [0, 0.05) is 0 Å². The summed E-state index contributed by atoms with van der Waals surface area (Å²) in [6.07, 6.45) is 14.6. The van der Waals surface area contributed by atoms with E-state index in [0.717, 1.165) is 42.0 Å². The number of nitrogens with zero attached hydrogens (tertiary/aromatic N) is 3. The monoisotopic (exact) mass is 574 g/mol. The zero-order valence-electron chi connectivity index (χ0n) is 24.4. The van der Waals surface area contributed by atoms with Gasteiger partial charge in [0.1, 0.15) is 29.8 Å². The lowest BCUT2D eigenvalue weighted by Gasteiger charge is -2.20. The van der Waals surface area contributed by atoms with E-state index in [1.165, 1.54) is 67.3 Å². The fourth-order valence-corrected chi connectivity index (χ4v) is 5.63. The highest BCUT2D eigenvalue weighted by atomic mass is 32.2. The molecule has 0 saturated carbocycles. The highest BCUT2D eigenvalue weighted by Crippen LogP contribution is 2.30. The Kier molecular flexibility index (Phi) is 12.0. The first-order valence-electron chi connectivity index (χ1n) is 15.0. The van der Waals surface area contributed by atoms with Crippen molar-refractivity contribution in [1.82, 2.24) is 5.01 Å². The van der Waals surface area contributed by atoms with E-state index >= 15 is 0 Å². The van der Waals surface area contributed by atoms with Gasteiger partial charge in [0.05, 0.1) is 5.57 Å². The van der Waals surface area contributed by atoms with Crippen molar-refractivity contribution in [3.05, 3.63) is 65.2 Å². The molecule has 0 bridgehead atoms. The molecule has 2 heterocycles. The van der Waals surface area contributed by atoms with E-state index in [2.05, 4.69) is 36.1 Å². The minimum Gasteiger partial charge on any atom is -0.490 e. The fourth-order valence-electron chi connectivity index (χ4n) is 4.70. The van der Waals surface area contributed by atoms with Crippen LogP contribution in [0.3, 0.4) is 0 Å². The maximum atomic E-state index is 12.8. The third kappa shape index (κ3) is 9.32. The lowest BCUT2D eigenvalue weighted by atomic mass is 10.1. The van der Waals surface area contributed by atoms with Gasteiger partial charge in [-0.3, -0.25) is 10.2 Å². The van der Waals surface area contributed by atoms with E-state index < -0.39 is 5.91 Å². The molecule has 1 N–H and O–H groups in total. The summed E-state index contributed by atoms with van der Waals surface area (Å²) >= 11 is 1.40.